The fraction of sp³-hybridized carbons (Fsp3) is 0.786. The van der Waals surface area contributed by atoms with Crippen LogP contribution in [0.5, 0.6) is 0 Å². The maximum absolute atomic E-state index is 10.9. The zero-order valence-corrected chi connectivity index (χ0v) is 20.5. The van der Waals surface area contributed by atoms with Crippen molar-refractivity contribution < 1.29 is 19.3 Å². The molecule has 1 N–H and O–H groups in total. The monoisotopic (exact) mass is 448 g/mol. The minimum absolute atomic E-state index is 0.0957. The molecule has 2 rings (SSSR count). The molecule has 32 heavy (non-hydrogen) atoms. The molecule has 1 aromatic rings. The molecular formula is C28H48O4. The molecule has 0 radical (unpaired) electrons. The van der Waals surface area contributed by atoms with Crippen LogP contribution in [-0.2, 0) is 20.8 Å². The molecule has 0 spiro atoms. The Balaban J connectivity index is 1.64. The lowest BCUT2D eigenvalue weighted by Gasteiger charge is -2.26. The van der Waals surface area contributed by atoms with Gasteiger partial charge in [-0.3, -0.25) is 0 Å². The zero-order valence-electron chi connectivity index (χ0n) is 20.5. The zero-order chi connectivity index (χ0) is 22.7. The van der Waals surface area contributed by atoms with Gasteiger partial charge in [-0.25, -0.2) is 0 Å². The van der Waals surface area contributed by atoms with Crippen LogP contribution in [0, 0.1) is 0 Å². The third-order valence-electron chi connectivity index (χ3n) is 6.41. The summed E-state index contributed by atoms with van der Waals surface area (Å²) in [5.41, 5.74) is 1.16. The van der Waals surface area contributed by atoms with Gasteiger partial charge in [0, 0.05) is 0 Å². The molecule has 0 aromatic heterocycles. The summed E-state index contributed by atoms with van der Waals surface area (Å²) in [6.45, 7) is 4.41. The van der Waals surface area contributed by atoms with Crippen molar-refractivity contribution in [2.75, 3.05) is 13.2 Å². The molecule has 4 nitrogen and oxygen atoms in total. The summed E-state index contributed by atoms with van der Waals surface area (Å²) in [5.74, 6) is 0. The Hall–Kier alpha value is -0.940. The molecule has 4 heteroatoms. The summed E-state index contributed by atoms with van der Waals surface area (Å²) in [5, 5.41) is 10.9. The van der Waals surface area contributed by atoms with Crippen LogP contribution in [0.1, 0.15) is 109 Å². The highest BCUT2D eigenvalue weighted by molar-refractivity contribution is 5.13. The number of aliphatic hydroxyl groups excluding tert-OH is 1. The Bertz CT molecular complexity index is 529. The molecular weight excluding hydrogens is 400 g/mol. The minimum Gasteiger partial charge on any atom is -0.390 e. The summed E-state index contributed by atoms with van der Waals surface area (Å²) in [6.07, 6.45) is 17.0. The highest BCUT2D eigenvalue weighted by Gasteiger charge is 2.21. The van der Waals surface area contributed by atoms with Crippen molar-refractivity contribution in [3.05, 3.63) is 35.9 Å². The van der Waals surface area contributed by atoms with E-state index in [0.29, 0.717) is 6.61 Å². The van der Waals surface area contributed by atoms with Crippen molar-refractivity contribution in [1.29, 1.82) is 0 Å². The van der Waals surface area contributed by atoms with Crippen LogP contribution in [0.3, 0.4) is 0 Å². The van der Waals surface area contributed by atoms with Gasteiger partial charge in [-0.15, -0.1) is 0 Å². The first kappa shape index (κ1) is 27.3. The standard InChI is InChI=1S/C28H48O4/c1-2-3-4-5-6-7-8-9-10-14-20-27(32-24-25-17-12-11-13-18-25)26(29)19-15-21-28-30-22-16-23-31-28/h11-13,17-18,26-29H,2-10,14-16,19-24H2,1H3/t26-,27-/m1/s1. The smallest absolute Gasteiger partial charge is 0.157 e. The average molecular weight is 449 g/mol. The number of ether oxygens (including phenoxy) is 3. The van der Waals surface area contributed by atoms with Gasteiger partial charge >= 0.3 is 0 Å². The Morgan fingerprint density at radius 2 is 1.47 bits per heavy atom. The molecule has 0 bridgehead atoms. The van der Waals surface area contributed by atoms with Crippen LogP contribution in [0.25, 0.3) is 0 Å². The van der Waals surface area contributed by atoms with Gasteiger partial charge < -0.3 is 19.3 Å². The van der Waals surface area contributed by atoms with E-state index in [1.807, 2.05) is 18.2 Å². The lowest BCUT2D eigenvalue weighted by Crippen LogP contribution is -2.30. The predicted octanol–water partition coefficient (Wildman–Crippen LogP) is 7.18. The number of hydrogen-bond donors (Lipinski definition) is 1. The third kappa shape index (κ3) is 12.9. The molecule has 0 saturated carbocycles. The van der Waals surface area contributed by atoms with Crippen LogP contribution in [0.15, 0.2) is 30.3 Å². The summed E-state index contributed by atoms with van der Waals surface area (Å²) in [4.78, 5) is 0. The summed E-state index contributed by atoms with van der Waals surface area (Å²) >= 11 is 0. The van der Waals surface area contributed by atoms with Gasteiger partial charge in [-0.1, -0.05) is 101 Å². The molecule has 0 unspecified atom stereocenters. The third-order valence-corrected chi connectivity index (χ3v) is 6.41. The number of aliphatic hydroxyl groups is 1. The molecule has 2 atom stereocenters. The maximum Gasteiger partial charge on any atom is 0.157 e. The van der Waals surface area contributed by atoms with E-state index >= 15 is 0 Å². The van der Waals surface area contributed by atoms with E-state index in [2.05, 4.69) is 19.1 Å². The maximum atomic E-state index is 10.9. The van der Waals surface area contributed by atoms with E-state index < -0.39 is 6.10 Å². The van der Waals surface area contributed by atoms with Crippen LogP contribution < -0.4 is 0 Å². The van der Waals surface area contributed by atoms with Crippen LogP contribution >= 0.6 is 0 Å². The van der Waals surface area contributed by atoms with E-state index in [1.165, 1.54) is 57.8 Å². The first-order valence-electron chi connectivity index (χ1n) is 13.4. The average Bonchev–Trinajstić information content (AvgIpc) is 2.83. The molecule has 1 fully saturated rings. The SMILES string of the molecule is CCCCCCCCCCCC[C@@H](OCc1ccccc1)[C@H](O)CCCC1OCCCO1. The van der Waals surface area contributed by atoms with Crippen molar-refractivity contribution in [2.45, 2.75) is 128 Å². The van der Waals surface area contributed by atoms with Crippen molar-refractivity contribution in [3.8, 4) is 0 Å². The van der Waals surface area contributed by atoms with E-state index in [1.54, 1.807) is 0 Å². The van der Waals surface area contributed by atoms with E-state index in [0.717, 1.165) is 57.3 Å². The summed E-state index contributed by atoms with van der Waals surface area (Å²) < 4.78 is 17.5. The molecule has 1 aromatic carbocycles. The number of hydrogen-bond acceptors (Lipinski definition) is 4. The van der Waals surface area contributed by atoms with Gasteiger partial charge in [-0.2, -0.15) is 0 Å². The predicted molar refractivity (Wildman–Crippen MR) is 132 cm³/mol. The van der Waals surface area contributed by atoms with E-state index in [9.17, 15) is 5.11 Å². The van der Waals surface area contributed by atoms with Crippen LogP contribution in [0.4, 0.5) is 0 Å². The Morgan fingerprint density at radius 1 is 0.844 bits per heavy atom. The summed E-state index contributed by atoms with van der Waals surface area (Å²) in [6, 6.07) is 10.3. The molecule has 184 valence electrons. The second kappa shape index (κ2) is 18.5. The van der Waals surface area contributed by atoms with Crippen LogP contribution in [0.2, 0.25) is 0 Å². The first-order valence-corrected chi connectivity index (χ1v) is 13.4. The lowest BCUT2D eigenvalue weighted by molar-refractivity contribution is -0.182. The normalized spacial score (nSPS) is 16.8. The van der Waals surface area contributed by atoms with Crippen LogP contribution in [-0.4, -0.2) is 36.8 Å². The van der Waals surface area contributed by atoms with Gasteiger partial charge in [0.05, 0.1) is 32.0 Å². The fourth-order valence-corrected chi connectivity index (χ4v) is 4.38. The number of rotatable bonds is 19. The number of unbranched alkanes of at least 4 members (excludes halogenated alkanes) is 9. The van der Waals surface area contributed by atoms with Gasteiger partial charge in [-0.05, 0) is 37.7 Å². The Labute approximate surface area is 197 Å². The lowest BCUT2D eigenvalue weighted by atomic mass is 10.00. The Morgan fingerprint density at radius 3 is 2.12 bits per heavy atom. The molecule has 1 saturated heterocycles. The van der Waals surface area contributed by atoms with Crippen molar-refractivity contribution in [3.63, 3.8) is 0 Å². The minimum atomic E-state index is -0.430. The van der Waals surface area contributed by atoms with E-state index in [4.69, 9.17) is 14.2 Å². The Kier molecular flexibility index (Phi) is 15.8. The van der Waals surface area contributed by atoms with E-state index in [-0.39, 0.29) is 12.4 Å². The first-order chi connectivity index (χ1) is 15.8. The molecule has 0 aliphatic carbocycles. The fourth-order valence-electron chi connectivity index (χ4n) is 4.38. The molecule has 1 aliphatic rings. The highest BCUT2D eigenvalue weighted by Crippen LogP contribution is 2.20. The molecule has 0 amide bonds. The van der Waals surface area contributed by atoms with Gasteiger partial charge in [0.2, 0.25) is 0 Å². The highest BCUT2D eigenvalue weighted by atomic mass is 16.7. The second-order valence-corrected chi connectivity index (χ2v) is 9.33. The second-order valence-electron chi connectivity index (χ2n) is 9.33. The van der Waals surface area contributed by atoms with Gasteiger partial charge in [0.15, 0.2) is 6.29 Å². The van der Waals surface area contributed by atoms with Crippen molar-refractivity contribution in [1.82, 2.24) is 0 Å². The van der Waals surface area contributed by atoms with Gasteiger partial charge in [0.25, 0.3) is 0 Å². The topological polar surface area (TPSA) is 47.9 Å². The molecule has 1 heterocycles. The number of benzene rings is 1. The summed E-state index contributed by atoms with van der Waals surface area (Å²) in [7, 11) is 0. The molecule has 1 aliphatic heterocycles. The van der Waals surface area contributed by atoms with Crippen molar-refractivity contribution >= 4 is 0 Å². The largest absolute Gasteiger partial charge is 0.390 e. The quantitative estimate of drug-likeness (QED) is 0.228. The van der Waals surface area contributed by atoms with Gasteiger partial charge in [0.1, 0.15) is 0 Å². The van der Waals surface area contributed by atoms with Crippen molar-refractivity contribution in [2.24, 2.45) is 0 Å².